The monoisotopic (exact) mass is 322 g/mol. The number of rotatable bonds is 3. The second kappa shape index (κ2) is 5.97. The molecule has 0 bridgehead atoms. The molecule has 0 saturated carbocycles. The van der Waals surface area contributed by atoms with Crippen LogP contribution in [0.3, 0.4) is 0 Å². The van der Waals surface area contributed by atoms with E-state index < -0.39 is 40.7 Å². The zero-order chi connectivity index (χ0) is 15.7. The highest BCUT2D eigenvalue weighted by Crippen LogP contribution is 2.31. The SMILES string of the molecule is NNC(c1ccc(Cl)cc1)c1c(F)c(F)c(F)c(F)c1F. The zero-order valence-corrected chi connectivity index (χ0v) is 11.0. The minimum atomic E-state index is -2.22. The first kappa shape index (κ1) is 15.7. The minimum absolute atomic E-state index is 0.185. The van der Waals surface area contributed by atoms with Crippen LogP contribution in [0.15, 0.2) is 24.3 Å². The van der Waals surface area contributed by atoms with Crippen molar-refractivity contribution in [1.29, 1.82) is 0 Å². The van der Waals surface area contributed by atoms with Crippen LogP contribution in [-0.4, -0.2) is 0 Å². The van der Waals surface area contributed by atoms with Crippen molar-refractivity contribution in [3.8, 4) is 0 Å². The molecule has 1 unspecified atom stereocenters. The molecule has 21 heavy (non-hydrogen) atoms. The molecule has 0 radical (unpaired) electrons. The van der Waals surface area contributed by atoms with Gasteiger partial charge in [0.15, 0.2) is 23.3 Å². The lowest BCUT2D eigenvalue weighted by molar-refractivity contribution is 0.362. The highest BCUT2D eigenvalue weighted by Gasteiger charge is 2.30. The first-order valence-electron chi connectivity index (χ1n) is 5.61. The molecule has 0 aliphatic rings. The van der Waals surface area contributed by atoms with Gasteiger partial charge in [0, 0.05) is 5.02 Å². The maximum absolute atomic E-state index is 13.8. The lowest BCUT2D eigenvalue weighted by Gasteiger charge is -2.19. The van der Waals surface area contributed by atoms with Gasteiger partial charge in [-0.1, -0.05) is 23.7 Å². The van der Waals surface area contributed by atoms with Crippen LogP contribution in [-0.2, 0) is 0 Å². The van der Waals surface area contributed by atoms with Gasteiger partial charge in [-0.15, -0.1) is 0 Å². The van der Waals surface area contributed by atoms with Crippen LogP contribution in [0.1, 0.15) is 17.2 Å². The molecule has 0 amide bonds. The zero-order valence-electron chi connectivity index (χ0n) is 10.2. The molecule has 2 nitrogen and oxygen atoms in total. The Morgan fingerprint density at radius 2 is 1.24 bits per heavy atom. The normalized spacial score (nSPS) is 12.5. The van der Waals surface area contributed by atoms with E-state index >= 15 is 0 Å². The topological polar surface area (TPSA) is 38.0 Å². The fourth-order valence-corrected chi connectivity index (χ4v) is 2.00. The Balaban J connectivity index is 2.65. The maximum Gasteiger partial charge on any atom is 0.200 e. The first-order valence-corrected chi connectivity index (χ1v) is 5.99. The quantitative estimate of drug-likeness (QED) is 0.298. The summed E-state index contributed by atoms with van der Waals surface area (Å²) in [6.45, 7) is 0. The standard InChI is InChI=1S/C13H8ClF5N2/c14-6-3-1-5(2-4-6)13(21-20)7-8(15)10(17)12(19)11(18)9(7)16/h1-4,13,21H,20H2. The van der Waals surface area contributed by atoms with Gasteiger partial charge in [-0.2, -0.15) is 0 Å². The van der Waals surface area contributed by atoms with Crippen molar-refractivity contribution in [1.82, 2.24) is 5.43 Å². The van der Waals surface area contributed by atoms with Gasteiger partial charge in [-0.25, -0.2) is 27.4 Å². The van der Waals surface area contributed by atoms with Crippen molar-refractivity contribution in [3.63, 3.8) is 0 Å². The van der Waals surface area contributed by atoms with Crippen LogP contribution in [0.2, 0.25) is 5.02 Å². The Kier molecular flexibility index (Phi) is 4.46. The molecular weight excluding hydrogens is 315 g/mol. The molecule has 0 fully saturated rings. The number of hydrogen-bond acceptors (Lipinski definition) is 2. The second-order valence-electron chi connectivity index (χ2n) is 4.13. The van der Waals surface area contributed by atoms with Gasteiger partial charge in [0.1, 0.15) is 0 Å². The molecule has 0 heterocycles. The summed E-state index contributed by atoms with van der Waals surface area (Å²) in [5, 5.41) is 0.340. The van der Waals surface area contributed by atoms with Crippen molar-refractivity contribution < 1.29 is 22.0 Å². The maximum atomic E-state index is 13.8. The van der Waals surface area contributed by atoms with E-state index in [-0.39, 0.29) is 5.56 Å². The summed E-state index contributed by atoms with van der Waals surface area (Å²) < 4.78 is 67.0. The molecule has 2 aromatic rings. The predicted octanol–water partition coefficient (Wildman–Crippen LogP) is 3.59. The number of halogens is 6. The van der Waals surface area contributed by atoms with Crippen LogP contribution in [0.25, 0.3) is 0 Å². The molecule has 2 rings (SSSR count). The fourth-order valence-electron chi connectivity index (χ4n) is 1.88. The molecule has 0 saturated heterocycles. The molecule has 1 atom stereocenters. The summed E-state index contributed by atoms with van der Waals surface area (Å²) in [6, 6.07) is 4.07. The summed E-state index contributed by atoms with van der Waals surface area (Å²) in [5.41, 5.74) is 1.16. The van der Waals surface area contributed by atoms with E-state index in [0.29, 0.717) is 5.02 Å². The van der Waals surface area contributed by atoms with E-state index in [4.69, 9.17) is 17.4 Å². The average molecular weight is 323 g/mol. The Bertz CT molecular complexity index is 646. The number of hydrogen-bond donors (Lipinski definition) is 2. The van der Waals surface area contributed by atoms with Gasteiger partial charge < -0.3 is 0 Å². The third-order valence-corrected chi connectivity index (χ3v) is 3.15. The Morgan fingerprint density at radius 3 is 1.67 bits per heavy atom. The highest BCUT2D eigenvalue weighted by molar-refractivity contribution is 6.30. The third kappa shape index (κ3) is 2.72. The van der Waals surface area contributed by atoms with Gasteiger partial charge in [-0.3, -0.25) is 5.84 Å². The summed E-state index contributed by atoms with van der Waals surface area (Å²) in [5.74, 6) is -4.97. The molecule has 112 valence electrons. The summed E-state index contributed by atoms with van der Waals surface area (Å²) in [6.07, 6.45) is 0. The minimum Gasteiger partial charge on any atom is -0.271 e. The van der Waals surface area contributed by atoms with E-state index in [1.54, 1.807) is 0 Å². The van der Waals surface area contributed by atoms with Gasteiger partial charge in [-0.05, 0) is 17.7 Å². The Morgan fingerprint density at radius 1 is 0.810 bits per heavy atom. The number of nitrogens with two attached hydrogens (primary N) is 1. The molecule has 0 spiro atoms. The van der Waals surface area contributed by atoms with E-state index in [1.165, 1.54) is 24.3 Å². The van der Waals surface area contributed by atoms with Crippen molar-refractivity contribution in [2.24, 2.45) is 5.84 Å². The van der Waals surface area contributed by atoms with Crippen LogP contribution in [0.5, 0.6) is 0 Å². The number of hydrazine groups is 1. The smallest absolute Gasteiger partial charge is 0.200 e. The summed E-state index contributed by atoms with van der Waals surface area (Å²) in [4.78, 5) is 0. The molecule has 2 aromatic carbocycles. The number of benzene rings is 2. The van der Waals surface area contributed by atoms with Gasteiger partial charge in [0.25, 0.3) is 0 Å². The van der Waals surface area contributed by atoms with Crippen molar-refractivity contribution in [2.45, 2.75) is 6.04 Å². The van der Waals surface area contributed by atoms with E-state index in [1.807, 2.05) is 5.43 Å². The number of nitrogens with one attached hydrogen (secondary N) is 1. The van der Waals surface area contributed by atoms with Gasteiger partial charge in [0.2, 0.25) is 5.82 Å². The second-order valence-corrected chi connectivity index (χ2v) is 4.57. The predicted molar refractivity (Wildman–Crippen MR) is 66.9 cm³/mol. The molecule has 0 aliphatic heterocycles. The fraction of sp³-hybridized carbons (Fsp3) is 0.0769. The Labute approximate surface area is 121 Å². The lowest BCUT2D eigenvalue weighted by Crippen LogP contribution is -2.31. The van der Waals surface area contributed by atoms with Crippen molar-refractivity contribution in [3.05, 3.63) is 69.5 Å². The van der Waals surface area contributed by atoms with Crippen LogP contribution in [0.4, 0.5) is 22.0 Å². The molecular formula is C13H8ClF5N2. The van der Waals surface area contributed by atoms with Gasteiger partial charge >= 0.3 is 0 Å². The summed E-state index contributed by atoms with van der Waals surface area (Å²) >= 11 is 5.67. The van der Waals surface area contributed by atoms with Crippen LogP contribution in [0, 0.1) is 29.1 Å². The third-order valence-electron chi connectivity index (χ3n) is 2.90. The van der Waals surface area contributed by atoms with Crippen LogP contribution >= 0.6 is 11.6 Å². The highest BCUT2D eigenvalue weighted by atomic mass is 35.5. The first-order chi connectivity index (χ1) is 9.88. The van der Waals surface area contributed by atoms with E-state index in [2.05, 4.69) is 0 Å². The van der Waals surface area contributed by atoms with Crippen molar-refractivity contribution >= 4 is 11.6 Å². The van der Waals surface area contributed by atoms with Gasteiger partial charge in [0.05, 0.1) is 11.6 Å². The average Bonchev–Trinajstić information content (AvgIpc) is 2.49. The van der Waals surface area contributed by atoms with Crippen molar-refractivity contribution in [2.75, 3.05) is 0 Å². The molecule has 0 aliphatic carbocycles. The van der Waals surface area contributed by atoms with E-state index in [9.17, 15) is 22.0 Å². The summed E-state index contributed by atoms with van der Waals surface area (Å²) in [7, 11) is 0. The molecule has 3 N–H and O–H groups in total. The Hall–Kier alpha value is -1.70. The molecule has 8 heteroatoms. The van der Waals surface area contributed by atoms with E-state index in [0.717, 1.165) is 0 Å². The van der Waals surface area contributed by atoms with Crippen LogP contribution < -0.4 is 11.3 Å². The lowest BCUT2D eigenvalue weighted by atomic mass is 9.97. The largest absolute Gasteiger partial charge is 0.271 e. The molecule has 0 aromatic heterocycles.